The summed E-state index contributed by atoms with van der Waals surface area (Å²) >= 11 is 0. The number of aromatic nitrogens is 2. The van der Waals surface area contributed by atoms with E-state index in [1.807, 2.05) is 22.8 Å². The zero-order valence-corrected chi connectivity index (χ0v) is 16.1. The summed E-state index contributed by atoms with van der Waals surface area (Å²) < 4.78 is 5.19. The molecule has 4 heterocycles. The molecule has 0 radical (unpaired) electrons. The fraction of sp³-hybridized carbons (Fsp3) is 0.556. The molecule has 0 spiro atoms. The van der Waals surface area contributed by atoms with Crippen LogP contribution < -0.4 is 5.32 Å². The second kappa shape index (κ2) is 8.22. The smallest absolute Gasteiger partial charge is 0.257 e. The summed E-state index contributed by atoms with van der Waals surface area (Å²) in [6.07, 6.45) is 4.12. The number of carbonyl (C=O) groups is 2. The van der Waals surface area contributed by atoms with Crippen molar-refractivity contribution in [1.29, 1.82) is 0 Å². The standard InChI is InChI=1S/C18H23N5O3.ClH/c1-2-15-14-8-12(9-20-17(14)26-21-15)18(25)22-6-3-4-13(11-22)23-7-5-19-10-16(23)24;/h8-9,13,19H,2-7,10-11H2,1H3;1H. The van der Waals surface area contributed by atoms with Crippen molar-refractivity contribution in [3.05, 3.63) is 23.5 Å². The normalized spacial score (nSPS) is 20.6. The number of amides is 2. The molecule has 0 bridgehead atoms. The number of pyridine rings is 1. The van der Waals surface area contributed by atoms with Crippen LogP contribution in [0.3, 0.4) is 0 Å². The molecule has 2 aromatic rings. The molecule has 1 atom stereocenters. The van der Waals surface area contributed by atoms with Crippen LogP contribution in [0.4, 0.5) is 0 Å². The predicted octanol–water partition coefficient (Wildman–Crippen LogP) is 1.24. The number of aryl methyl sites for hydroxylation is 1. The fourth-order valence-electron chi connectivity index (χ4n) is 3.83. The highest BCUT2D eigenvalue weighted by Gasteiger charge is 2.32. The van der Waals surface area contributed by atoms with E-state index in [0.717, 1.165) is 36.9 Å². The number of carbonyl (C=O) groups excluding carboxylic acids is 2. The van der Waals surface area contributed by atoms with Crippen LogP contribution in [0.5, 0.6) is 0 Å². The molecule has 2 fully saturated rings. The summed E-state index contributed by atoms with van der Waals surface area (Å²) in [4.78, 5) is 33.2. The van der Waals surface area contributed by atoms with Crippen molar-refractivity contribution in [2.75, 3.05) is 32.7 Å². The zero-order chi connectivity index (χ0) is 18.1. The Balaban J connectivity index is 0.00000210. The molecule has 1 unspecified atom stereocenters. The molecule has 2 aliphatic heterocycles. The molecule has 27 heavy (non-hydrogen) atoms. The molecule has 2 saturated heterocycles. The van der Waals surface area contributed by atoms with Crippen molar-refractivity contribution >= 4 is 35.3 Å². The van der Waals surface area contributed by atoms with E-state index in [4.69, 9.17) is 4.52 Å². The Morgan fingerprint density at radius 3 is 3.04 bits per heavy atom. The van der Waals surface area contributed by atoms with Crippen molar-refractivity contribution in [1.82, 2.24) is 25.3 Å². The van der Waals surface area contributed by atoms with Gasteiger partial charge in [0.05, 0.1) is 23.2 Å². The van der Waals surface area contributed by atoms with E-state index in [9.17, 15) is 9.59 Å². The van der Waals surface area contributed by atoms with Crippen LogP contribution in [0, 0.1) is 0 Å². The Bertz CT molecular complexity index is 840. The minimum atomic E-state index is -0.0464. The quantitative estimate of drug-likeness (QED) is 0.843. The maximum absolute atomic E-state index is 13.0. The monoisotopic (exact) mass is 393 g/mol. The molecule has 146 valence electrons. The van der Waals surface area contributed by atoms with Gasteiger partial charge in [-0.3, -0.25) is 9.59 Å². The number of likely N-dealkylation sites (tertiary alicyclic amines) is 1. The van der Waals surface area contributed by atoms with Gasteiger partial charge in [0, 0.05) is 38.4 Å². The van der Waals surface area contributed by atoms with E-state index in [1.54, 1.807) is 6.20 Å². The van der Waals surface area contributed by atoms with Crippen molar-refractivity contribution in [3.8, 4) is 0 Å². The van der Waals surface area contributed by atoms with Gasteiger partial charge in [-0.15, -0.1) is 12.4 Å². The number of piperidine rings is 1. The molecule has 1 N–H and O–H groups in total. The number of halogens is 1. The van der Waals surface area contributed by atoms with Gasteiger partial charge in [-0.1, -0.05) is 12.1 Å². The van der Waals surface area contributed by atoms with Gasteiger partial charge in [0.2, 0.25) is 5.91 Å². The van der Waals surface area contributed by atoms with Crippen LogP contribution in [0.25, 0.3) is 11.1 Å². The Kier molecular flexibility index (Phi) is 5.96. The van der Waals surface area contributed by atoms with E-state index in [0.29, 0.717) is 37.5 Å². The second-order valence-corrected chi connectivity index (χ2v) is 6.87. The molecule has 0 aliphatic carbocycles. The molecule has 2 amide bonds. The highest BCUT2D eigenvalue weighted by molar-refractivity contribution is 5.97. The Labute approximate surface area is 163 Å². The number of nitrogens with zero attached hydrogens (tertiary/aromatic N) is 4. The lowest BCUT2D eigenvalue weighted by Gasteiger charge is -2.41. The van der Waals surface area contributed by atoms with Crippen LogP contribution in [0.15, 0.2) is 16.8 Å². The molecule has 9 heteroatoms. The summed E-state index contributed by atoms with van der Waals surface area (Å²) in [7, 11) is 0. The maximum atomic E-state index is 13.0. The highest BCUT2D eigenvalue weighted by atomic mass is 35.5. The number of piperazine rings is 1. The highest BCUT2D eigenvalue weighted by Crippen LogP contribution is 2.22. The van der Waals surface area contributed by atoms with Crippen molar-refractivity contribution in [2.24, 2.45) is 0 Å². The first-order valence-corrected chi connectivity index (χ1v) is 9.21. The topological polar surface area (TPSA) is 91.6 Å². The SMILES string of the molecule is CCc1noc2ncc(C(=O)N3CCCC(N4CCNCC4=O)C3)cc12.Cl. The van der Waals surface area contributed by atoms with Gasteiger partial charge in [0.1, 0.15) is 0 Å². The van der Waals surface area contributed by atoms with Gasteiger partial charge in [-0.05, 0) is 25.3 Å². The minimum Gasteiger partial charge on any atom is -0.337 e. The van der Waals surface area contributed by atoms with E-state index < -0.39 is 0 Å². The summed E-state index contributed by atoms with van der Waals surface area (Å²) in [5.74, 6) is 0.0747. The lowest BCUT2D eigenvalue weighted by atomic mass is 10.0. The lowest BCUT2D eigenvalue weighted by Crippen LogP contribution is -2.57. The van der Waals surface area contributed by atoms with Gasteiger partial charge in [-0.2, -0.15) is 0 Å². The Morgan fingerprint density at radius 1 is 1.41 bits per heavy atom. The molecule has 0 aromatic carbocycles. The largest absolute Gasteiger partial charge is 0.337 e. The first-order chi connectivity index (χ1) is 12.7. The van der Waals surface area contributed by atoms with Gasteiger partial charge in [-0.25, -0.2) is 4.98 Å². The number of fused-ring (bicyclic) bond motifs is 1. The van der Waals surface area contributed by atoms with E-state index in [1.165, 1.54) is 0 Å². The number of hydrogen-bond donors (Lipinski definition) is 1. The first kappa shape index (κ1) is 19.6. The summed E-state index contributed by atoms with van der Waals surface area (Å²) in [6.45, 7) is 5.18. The van der Waals surface area contributed by atoms with Crippen molar-refractivity contribution in [3.63, 3.8) is 0 Å². The van der Waals surface area contributed by atoms with Crippen LogP contribution in [-0.4, -0.2) is 70.5 Å². The van der Waals surface area contributed by atoms with Crippen LogP contribution >= 0.6 is 12.4 Å². The number of hydrogen-bond acceptors (Lipinski definition) is 6. The number of nitrogens with one attached hydrogen (secondary N) is 1. The molecule has 8 nitrogen and oxygen atoms in total. The van der Waals surface area contributed by atoms with Crippen LogP contribution in [0.1, 0.15) is 35.8 Å². The van der Waals surface area contributed by atoms with E-state index >= 15 is 0 Å². The minimum absolute atomic E-state index is 0. The summed E-state index contributed by atoms with van der Waals surface area (Å²) in [6, 6.07) is 1.92. The Morgan fingerprint density at radius 2 is 2.26 bits per heavy atom. The van der Waals surface area contributed by atoms with Crippen molar-refractivity contribution in [2.45, 2.75) is 32.2 Å². The van der Waals surface area contributed by atoms with Gasteiger partial charge < -0.3 is 19.6 Å². The van der Waals surface area contributed by atoms with Gasteiger partial charge in [0.15, 0.2) is 0 Å². The van der Waals surface area contributed by atoms with Gasteiger partial charge >= 0.3 is 0 Å². The summed E-state index contributed by atoms with van der Waals surface area (Å²) in [5.41, 5.74) is 1.81. The molecular formula is C18H24ClN5O3. The van der Waals surface area contributed by atoms with E-state index in [-0.39, 0.29) is 30.3 Å². The van der Waals surface area contributed by atoms with Crippen LogP contribution in [-0.2, 0) is 11.2 Å². The number of rotatable bonds is 3. The van der Waals surface area contributed by atoms with Crippen LogP contribution in [0.2, 0.25) is 0 Å². The maximum Gasteiger partial charge on any atom is 0.257 e. The molecule has 4 rings (SSSR count). The van der Waals surface area contributed by atoms with Crippen molar-refractivity contribution < 1.29 is 14.1 Å². The third-order valence-electron chi connectivity index (χ3n) is 5.24. The lowest BCUT2D eigenvalue weighted by molar-refractivity contribution is -0.135. The third-order valence-corrected chi connectivity index (χ3v) is 5.24. The molecule has 2 aliphatic rings. The third kappa shape index (κ3) is 3.77. The molecule has 0 saturated carbocycles. The van der Waals surface area contributed by atoms with Gasteiger partial charge in [0.25, 0.3) is 11.6 Å². The Hall–Kier alpha value is -2.19. The zero-order valence-electron chi connectivity index (χ0n) is 15.3. The second-order valence-electron chi connectivity index (χ2n) is 6.87. The average molecular weight is 394 g/mol. The first-order valence-electron chi connectivity index (χ1n) is 9.21. The predicted molar refractivity (Wildman–Crippen MR) is 102 cm³/mol. The summed E-state index contributed by atoms with van der Waals surface area (Å²) in [5, 5.41) is 7.89. The van der Waals surface area contributed by atoms with E-state index in [2.05, 4.69) is 15.5 Å². The average Bonchev–Trinajstić information content (AvgIpc) is 3.10. The molecule has 2 aromatic heterocycles. The fourth-order valence-corrected chi connectivity index (χ4v) is 3.83. The molecular weight excluding hydrogens is 370 g/mol.